The Morgan fingerprint density at radius 3 is 2.29 bits per heavy atom. The fourth-order valence-electron chi connectivity index (χ4n) is 1.43. The van der Waals surface area contributed by atoms with Crippen LogP contribution in [0, 0.1) is 5.92 Å². The molecule has 0 radical (unpaired) electrons. The van der Waals surface area contributed by atoms with Gasteiger partial charge in [-0.1, -0.05) is 27.7 Å². The van der Waals surface area contributed by atoms with Crippen molar-refractivity contribution < 1.29 is 4.79 Å². The lowest BCUT2D eigenvalue weighted by Gasteiger charge is -2.19. The SMILES string of the molecule is CCCNCCNC(=O)C(SCC)C(C)C.Cl. The first kappa shape index (κ1) is 19.4. The molecule has 1 atom stereocenters. The minimum absolute atomic E-state index is 0. The van der Waals surface area contributed by atoms with Crippen LogP contribution in [0.2, 0.25) is 0 Å². The summed E-state index contributed by atoms with van der Waals surface area (Å²) in [6.07, 6.45) is 1.13. The Labute approximate surface area is 116 Å². The highest BCUT2D eigenvalue weighted by Gasteiger charge is 2.21. The van der Waals surface area contributed by atoms with Crippen LogP contribution in [0.15, 0.2) is 0 Å². The van der Waals surface area contributed by atoms with E-state index < -0.39 is 0 Å². The molecule has 0 aromatic carbocycles. The first-order valence-electron chi connectivity index (χ1n) is 6.23. The van der Waals surface area contributed by atoms with Crippen molar-refractivity contribution in [2.75, 3.05) is 25.4 Å². The fourth-order valence-corrected chi connectivity index (χ4v) is 2.41. The van der Waals surface area contributed by atoms with Crippen LogP contribution in [0.25, 0.3) is 0 Å². The van der Waals surface area contributed by atoms with Gasteiger partial charge < -0.3 is 10.6 Å². The predicted octanol–water partition coefficient (Wildman–Crippen LogP) is 2.30. The van der Waals surface area contributed by atoms with Crippen LogP contribution in [0.1, 0.15) is 34.1 Å². The van der Waals surface area contributed by atoms with Crippen molar-refractivity contribution in [2.24, 2.45) is 5.92 Å². The molecule has 0 fully saturated rings. The summed E-state index contributed by atoms with van der Waals surface area (Å²) in [5.74, 6) is 1.57. The number of amides is 1. The Hall–Kier alpha value is 0.0700. The Kier molecular flexibility index (Phi) is 14.3. The Morgan fingerprint density at radius 2 is 1.82 bits per heavy atom. The van der Waals surface area contributed by atoms with Crippen LogP contribution in [-0.2, 0) is 4.79 Å². The molecule has 1 unspecified atom stereocenters. The summed E-state index contributed by atoms with van der Waals surface area (Å²) < 4.78 is 0. The smallest absolute Gasteiger partial charge is 0.233 e. The molecule has 0 aliphatic carbocycles. The van der Waals surface area contributed by atoms with Crippen LogP contribution in [0.3, 0.4) is 0 Å². The highest BCUT2D eigenvalue weighted by Crippen LogP contribution is 2.18. The first-order valence-corrected chi connectivity index (χ1v) is 7.28. The summed E-state index contributed by atoms with van der Waals surface area (Å²) in [5.41, 5.74) is 0. The van der Waals surface area contributed by atoms with E-state index in [0.717, 1.165) is 31.8 Å². The molecule has 0 aliphatic rings. The van der Waals surface area contributed by atoms with Gasteiger partial charge >= 0.3 is 0 Å². The van der Waals surface area contributed by atoms with E-state index in [2.05, 4.69) is 38.3 Å². The molecular weight excluding hydrogens is 256 g/mol. The van der Waals surface area contributed by atoms with E-state index in [1.54, 1.807) is 11.8 Å². The van der Waals surface area contributed by atoms with Gasteiger partial charge in [0, 0.05) is 13.1 Å². The molecule has 0 saturated heterocycles. The summed E-state index contributed by atoms with van der Waals surface area (Å²) in [5, 5.41) is 6.35. The lowest BCUT2D eigenvalue weighted by molar-refractivity contribution is -0.121. The van der Waals surface area contributed by atoms with Crippen LogP contribution < -0.4 is 10.6 Å². The van der Waals surface area contributed by atoms with E-state index in [1.165, 1.54) is 0 Å². The standard InChI is InChI=1S/C12H26N2OS.ClH/c1-5-7-13-8-9-14-12(15)11(10(3)4)16-6-2;/h10-11,13H,5-9H2,1-4H3,(H,14,15);1H. The van der Waals surface area contributed by atoms with Crippen molar-refractivity contribution in [2.45, 2.75) is 39.4 Å². The van der Waals surface area contributed by atoms with Crippen molar-refractivity contribution >= 4 is 30.1 Å². The van der Waals surface area contributed by atoms with Gasteiger partial charge in [-0.25, -0.2) is 0 Å². The largest absolute Gasteiger partial charge is 0.354 e. The molecule has 1 amide bonds. The zero-order chi connectivity index (χ0) is 12.4. The maximum absolute atomic E-state index is 11.8. The minimum atomic E-state index is 0. The number of nitrogens with one attached hydrogen (secondary N) is 2. The molecule has 104 valence electrons. The third kappa shape index (κ3) is 9.74. The van der Waals surface area contributed by atoms with Crippen molar-refractivity contribution in [1.29, 1.82) is 0 Å². The summed E-state index contributed by atoms with van der Waals surface area (Å²) >= 11 is 1.73. The molecule has 3 nitrogen and oxygen atoms in total. The molecule has 0 saturated carbocycles. The molecule has 0 aliphatic heterocycles. The molecule has 0 heterocycles. The van der Waals surface area contributed by atoms with Gasteiger partial charge in [0.05, 0.1) is 5.25 Å². The van der Waals surface area contributed by atoms with Gasteiger partial charge in [0.2, 0.25) is 5.91 Å². The minimum Gasteiger partial charge on any atom is -0.354 e. The van der Waals surface area contributed by atoms with Crippen molar-refractivity contribution in [3.63, 3.8) is 0 Å². The van der Waals surface area contributed by atoms with Gasteiger partial charge in [-0.05, 0) is 24.6 Å². The Bertz CT molecular complexity index is 191. The molecule has 5 heteroatoms. The van der Waals surface area contributed by atoms with E-state index in [-0.39, 0.29) is 23.6 Å². The summed E-state index contributed by atoms with van der Waals surface area (Å²) in [4.78, 5) is 11.8. The van der Waals surface area contributed by atoms with Gasteiger partial charge in [-0.2, -0.15) is 0 Å². The van der Waals surface area contributed by atoms with Crippen LogP contribution in [0.5, 0.6) is 0 Å². The second kappa shape index (κ2) is 12.5. The number of thioether (sulfide) groups is 1. The molecule has 2 N–H and O–H groups in total. The van der Waals surface area contributed by atoms with E-state index in [1.807, 2.05) is 0 Å². The molecular formula is C12H27ClN2OS. The Morgan fingerprint density at radius 1 is 1.18 bits per heavy atom. The van der Waals surface area contributed by atoms with E-state index in [9.17, 15) is 4.79 Å². The van der Waals surface area contributed by atoms with Crippen molar-refractivity contribution in [3.05, 3.63) is 0 Å². The lowest BCUT2D eigenvalue weighted by Crippen LogP contribution is -2.39. The second-order valence-electron chi connectivity index (χ2n) is 4.16. The van der Waals surface area contributed by atoms with Crippen molar-refractivity contribution in [1.82, 2.24) is 10.6 Å². The predicted molar refractivity (Wildman–Crippen MR) is 80.2 cm³/mol. The molecule has 0 aromatic heterocycles. The second-order valence-corrected chi connectivity index (χ2v) is 5.58. The quantitative estimate of drug-likeness (QED) is 0.638. The topological polar surface area (TPSA) is 41.1 Å². The maximum atomic E-state index is 11.8. The van der Waals surface area contributed by atoms with Crippen molar-refractivity contribution in [3.8, 4) is 0 Å². The monoisotopic (exact) mass is 282 g/mol. The number of carbonyl (C=O) groups excluding carboxylic acids is 1. The highest BCUT2D eigenvalue weighted by molar-refractivity contribution is 8.00. The zero-order valence-electron chi connectivity index (χ0n) is 11.4. The molecule has 0 spiro atoms. The lowest BCUT2D eigenvalue weighted by atomic mass is 10.1. The fraction of sp³-hybridized carbons (Fsp3) is 0.917. The first-order chi connectivity index (χ1) is 7.63. The van der Waals surface area contributed by atoms with E-state index in [0.29, 0.717) is 5.92 Å². The zero-order valence-corrected chi connectivity index (χ0v) is 13.0. The molecule has 17 heavy (non-hydrogen) atoms. The highest BCUT2D eigenvalue weighted by atomic mass is 35.5. The summed E-state index contributed by atoms with van der Waals surface area (Å²) in [6, 6.07) is 0. The van der Waals surface area contributed by atoms with Gasteiger partial charge in [0.1, 0.15) is 0 Å². The third-order valence-electron chi connectivity index (χ3n) is 2.24. The van der Waals surface area contributed by atoms with Crippen LogP contribution in [0.4, 0.5) is 0 Å². The van der Waals surface area contributed by atoms with Gasteiger partial charge in [-0.15, -0.1) is 24.2 Å². The number of carbonyl (C=O) groups is 1. The normalized spacial score (nSPS) is 12.1. The van der Waals surface area contributed by atoms with Gasteiger partial charge in [-0.3, -0.25) is 4.79 Å². The summed E-state index contributed by atoms with van der Waals surface area (Å²) in [7, 11) is 0. The molecule has 0 aromatic rings. The number of hydrogen-bond donors (Lipinski definition) is 2. The van der Waals surface area contributed by atoms with Crippen LogP contribution in [-0.4, -0.2) is 36.5 Å². The van der Waals surface area contributed by atoms with E-state index >= 15 is 0 Å². The summed E-state index contributed by atoms with van der Waals surface area (Å²) in [6.45, 7) is 11.0. The number of rotatable bonds is 9. The average Bonchev–Trinajstić information content (AvgIpc) is 2.24. The van der Waals surface area contributed by atoms with Gasteiger partial charge in [0.15, 0.2) is 0 Å². The number of halogens is 1. The number of hydrogen-bond acceptors (Lipinski definition) is 3. The van der Waals surface area contributed by atoms with Gasteiger partial charge in [0.25, 0.3) is 0 Å². The van der Waals surface area contributed by atoms with E-state index in [4.69, 9.17) is 0 Å². The molecule has 0 rings (SSSR count). The van der Waals surface area contributed by atoms with Crippen LogP contribution >= 0.6 is 24.2 Å². The Balaban J connectivity index is 0. The molecule has 0 bridgehead atoms. The average molecular weight is 283 g/mol. The maximum Gasteiger partial charge on any atom is 0.233 e. The third-order valence-corrected chi connectivity index (χ3v) is 3.69.